The van der Waals surface area contributed by atoms with Gasteiger partial charge in [-0.3, -0.25) is 14.7 Å². The molecule has 0 aliphatic carbocycles. The minimum atomic E-state index is -0.869. The molecule has 0 unspecified atom stereocenters. The number of alkyl halides is 1. The first-order valence-corrected chi connectivity index (χ1v) is 9.57. The van der Waals surface area contributed by atoms with Crippen LogP contribution in [-0.4, -0.2) is 63.0 Å². The molecule has 26 heavy (non-hydrogen) atoms. The number of thiazole rings is 1. The van der Waals surface area contributed by atoms with E-state index in [0.29, 0.717) is 37.4 Å². The lowest BCUT2D eigenvalue weighted by atomic mass is 10.2. The second kappa shape index (κ2) is 7.75. The van der Waals surface area contributed by atoms with E-state index in [2.05, 4.69) is 19.9 Å². The van der Waals surface area contributed by atoms with Crippen LogP contribution in [0.4, 0.5) is 4.39 Å². The van der Waals surface area contributed by atoms with Crippen LogP contribution in [0.15, 0.2) is 11.6 Å². The van der Waals surface area contributed by atoms with Crippen molar-refractivity contribution in [2.45, 2.75) is 46.0 Å². The highest BCUT2D eigenvalue weighted by Crippen LogP contribution is 2.24. The lowest BCUT2D eigenvalue weighted by Gasteiger charge is -2.28. The van der Waals surface area contributed by atoms with Gasteiger partial charge in [-0.15, -0.1) is 11.3 Å². The summed E-state index contributed by atoms with van der Waals surface area (Å²) >= 11 is 1.57. The van der Waals surface area contributed by atoms with Gasteiger partial charge in [0.05, 0.1) is 23.6 Å². The molecule has 0 spiro atoms. The van der Waals surface area contributed by atoms with Gasteiger partial charge in [0.25, 0.3) is 5.91 Å². The summed E-state index contributed by atoms with van der Waals surface area (Å²) in [6.45, 7) is 6.98. The second-order valence-electron chi connectivity index (χ2n) is 6.86. The summed E-state index contributed by atoms with van der Waals surface area (Å²) in [5.74, 6) is -0.172. The van der Waals surface area contributed by atoms with E-state index in [1.807, 2.05) is 19.2 Å². The second-order valence-corrected chi connectivity index (χ2v) is 7.84. The molecule has 140 valence electrons. The largest absolute Gasteiger partial charge is 0.339 e. The van der Waals surface area contributed by atoms with Gasteiger partial charge in [0.1, 0.15) is 16.9 Å². The monoisotopic (exact) mass is 377 g/mol. The van der Waals surface area contributed by atoms with Crippen molar-refractivity contribution in [2.24, 2.45) is 0 Å². The molecule has 1 aliphatic heterocycles. The van der Waals surface area contributed by atoms with Gasteiger partial charge in [-0.2, -0.15) is 0 Å². The van der Waals surface area contributed by atoms with Crippen molar-refractivity contribution in [1.29, 1.82) is 0 Å². The van der Waals surface area contributed by atoms with E-state index < -0.39 is 6.17 Å². The third-order valence-corrected chi connectivity index (χ3v) is 5.58. The van der Waals surface area contributed by atoms with Crippen LogP contribution in [0, 0.1) is 20.8 Å². The summed E-state index contributed by atoms with van der Waals surface area (Å²) < 4.78 is 14.0. The molecule has 1 amide bonds. The third-order valence-electron chi connectivity index (χ3n) is 4.81. The molecule has 2 aromatic rings. The Bertz CT molecular complexity index is 782. The molecule has 1 aliphatic rings. The van der Waals surface area contributed by atoms with E-state index in [4.69, 9.17) is 0 Å². The summed E-state index contributed by atoms with van der Waals surface area (Å²) in [5.41, 5.74) is 2.58. The highest BCUT2D eigenvalue weighted by molar-refractivity contribution is 7.09. The zero-order valence-corrected chi connectivity index (χ0v) is 16.4. The van der Waals surface area contributed by atoms with Gasteiger partial charge in [0.2, 0.25) is 0 Å². The van der Waals surface area contributed by atoms with Crippen LogP contribution in [-0.2, 0) is 6.54 Å². The van der Waals surface area contributed by atoms with Crippen LogP contribution in [0.1, 0.15) is 39.0 Å². The van der Waals surface area contributed by atoms with E-state index in [1.54, 1.807) is 36.4 Å². The predicted octanol–water partition coefficient (Wildman–Crippen LogP) is 2.54. The molecule has 1 saturated heterocycles. The van der Waals surface area contributed by atoms with Crippen LogP contribution < -0.4 is 0 Å². The quantitative estimate of drug-likeness (QED) is 0.801. The van der Waals surface area contributed by atoms with Crippen molar-refractivity contribution in [1.82, 2.24) is 24.8 Å². The smallest absolute Gasteiger partial charge is 0.274 e. The first-order valence-electron chi connectivity index (χ1n) is 8.69. The SMILES string of the molecule is Cc1nc(C)c(C(=O)N(C)C[C@@H]2C[C@H](F)CN2Cc2nccs2)nc1C. The lowest BCUT2D eigenvalue weighted by Crippen LogP contribution is -2.41. The van der Waals surface area contributed by atoms with Crippen LogP contribution >= 0.6 is 11.3 Å². The Labute approximate surface area is 157 Å². The van der Waals surface area contributed by atoms with E-state index >= 15 is 0 Å². The van der Waals surface area contributed by atoms with Gasteiger partial charge < -0.3 is 4.90 Å². The molecule has 0 N–H and O–H groups in total. The van der Waals surface area contributed by atoms with E-state index in [-0.39, 0.29) is 11.9 Å². The first kappa shape index (κ1) is 18.8. The van der Waals surface area contributed by atoms with Gasteiger partial charge in [0.15, 0.2) is 0 Å². The molecule has 0 aromatic carbocycles. The van der Waals surface area contributed by atoms with Crippen molar-refractivity contribution in [3.05, 3.63) is 39.4 Å². The molecule has 0 bridgehead atoms. The van der Waals surface area contributed by atoms with Crippen molar-refractivity contribution >= 4 is 17.2 Å². The maximum Gasteiger partial charge on any atom is 0.274 e. The van der Waals surface area contributed by atoms with Gasteiger partial charge in [0, 0.05) is 37.8 Å². The fourth-order valence-corrected chi connectivity index (χ4v) is 3.95. The molecule has 0 saturated carbocycles. The van der Waals surface area contributed by atoms with Crippen LogP contribution in [0.2, 0.25) is 0 Å². The minimum Gasteiger partial charge on any atom is -0.339 e. The Morgan fingerprint density at radius 3 is 2.73 bits per heavy atom. The molecule has 0 radical (unpaired) electrons. The number of nitrogens with zero attached hydrogens (tertiary/aromatic N) is 5. The van der Waals surface area contributed by atoms with Gasteiger partial charge in [-0.05, 0) is 27.2 Å². The Morgan fingerprint density at radius 2 is 2.04 bits per heavy atom. The number of likely N-dealkylation sites (tertiary alicyclic amines) is 1. The Balaban J connectivity index is 1.70. The van der Waals surface area contributed by atoms with E-state index in [0.717, 1.165) is 16.4 Å². The van der Waals surface area contributed by atoms with Crippen molar-refractivity contribution < 1.29 is 9.18 Å². The number of carbonyl (C=O) groups excluding carboxylic acids is 1. The molecule has 6 nitrogen and oxygen atoms in total. The number of hydrogen-bond acceptors (Lipinski definition) is 6. The maximum atomic E-state index is 14.0. The number of aryl methyl sites for hydroxylation is 3. The van der Waals surface area contributed by atoms with Crippen molar-refractivity contribution in [3.8, 4) is 0 Å². The average molecular weight is 377 g/mol. The lowest BCUT2D eigenvalue weighted by molar-refractivity contribution is 0.0742. The maximum absolute atomic E-state index is 14.0. The fraction of sp³-hybridized carbons (Fsp3) is 0.556. The molecule has 2 aromatic heterocycles. The number of amides is 1. The Morgan fingerprint density at radius 1 is 1.31 bits per heavy atom. The van der Waals surface area contributed by atoms with Gasteiger partial charge in [-0.1, -0.05) is 0 Å². The van der Waals surface area contributed by atoms with Crippen LogP contribution in [0.5, 0.6) is 0 Å². The Kier molecular flexibility index (Phi) is 5.62. The average Bonchev–Trinajstić information content (AvgIpc) is 3.20. The molecule has 3 rings (SSSR count). The topological polar surface area (TPSA) is 62.2 Å². The summed E-state index contributed by atoms with van der Waals surface area (Å²) in [5, 5.41) is 2.89. The van der Waals surface area contributed by atoms with Crippen molar-refractivity contribution in [3.63, 3.8) is 0 Å². The summed E-state index contributed by atoms with van der Waals surface area (Å²) in [6, 6.07) is -0.0253. The van der Waals surface area contributed by atoms with Crippen LogP contribution in [0.25, 0.3) is 0 Å². The molecule has 8 heteroatoms. The Hall–Kier alpha value is -1.93. The molecule has 3 heterocycles. The number of hydrogen-bond donors (Lipinski definition) is 0. The summed E-state index contributed by atoms with van der Waals surface area (Å²) in [7, 11) is 1.74. The van der Waals surface area contributed by atoms with Gasteiger partial charge in [-0.25, -0.2) is 14.4 Å². The number of halogens is 1. The number of carbonyl (C=O) groups is 1. The van der Waals surface area contributed by atoms with E-state index in [9.17, 15) is 9.18 Å². The standard InChI is InChI=1S/C18H24FN5OS/c1-11-12(2)22-17(13(3)21-11)18(25)23(4)9-15-7-14(19)8-24(15)10-16-20-5-6-26-16/h5-6,14-15H,7-10H2,1-4H3/t14-,15-/m0/s1. The molecule has 2 atom stereocenters. The predicted molar refractivity (Wildman–Crippen MR) is 99.0 cm³/mol. The zero-order chi connectivity index (χ0) is 18.8. The number of rotatable bonds is 5. The molecular weight excluding hydrogens is 353 g/mol. The van der Waals surface area contributed by atoms with Crippen LogP contribution in [0.3, 0.4) is 0 Å². The fourth-order valence-electron chi connectivity index (χ4n) is 3.31. The van der Waals surface area contributed by atoms with Gasteiger partial charge >= 0.3 is 0 Å². The van der Waals surface area contributed by atoms with Crippen molar-refractivity contribution in [2.75, 3.05) is 20.1 Å². The first-order chi connectivity index (χ1) is 12.3. The summed E-state index contributed by atoms with van der Waals surface area (Å²) in [4.78, 5) is 29.6. The zero-order valence-electron chi connectivity index (χ0n) is 15.6. The molecular formula is C18H24FN5OS. The summed E-state index contributed by atoms with van der Waals surface area (Å²) in [6.07, 6.45) is 1.32. The third kappa shape index (κ3) is 4.07. The normalized spacial score (nSPS) is 20.5. The molecule has 1 fully saturated rings. The highest BCUT2D eigenvalue weighted by Gasteiger charge is 2.34. The minimum absolute atomic E-state index is 0.0253. The number of aromatic nitrogens is 3. The highest BCUT2D eigenvalue weighted by atomic mass is 32.1. The van der Waals surface area contributed by atoms with E-state index in [1.165, 1.54) is 0 Å². The number of likely N-dealkylation sites (N-methyl/N-ethyl adjacent to an activating group) is 1.